The number of hydrogen-bond donors (Lipinski definition) is 0. The predicted molar refractivity (Wildman–Crippen MR) is 72.3 cm³/mol. The molecule has 3 heterocycles. The smallest absolute Gasteiger partial charge is 0.276 e. The van der Waals surface area contributed by atoms with E-state index in [2.05, 4.69) is 39.1 Å². The van der Waals surface area contributed by atoms with E-state index in [-0.39, 0.29) is 11.8 Å². The van der Waals surface area contributed by atoms with Crippen molar-refractivity contribution in [1.82, 2.24) is 29.7 Å². The van der Waals surface area contributed by atoms with E-state index in [9.17, 15) is 0 Å². The van der Waals surface area contributed by atoms with Crippen molar-refractivity contribution >= 4 is 5.78 Å². The molecule has 0 aliphatic carbocycles. The first kappa shape index (κ1) is 12.7. The molecule has 3 rings (SSSR count). The molecule has 0 unspecified atom stereocenters. The van der Waals surface area contributed by atoms with Crippen LogP contribution in [-0.4, -0.2) is 29.7 Å². The van der Waals surface area contributed by atoms with E-state index in [0.29, 0.717) is 23.2 Å². The molecule has 7 nitrogen and oxygen atoms in total. The van der Waals surface area contributed by atoms with Crippen LogP contribution in [0, 0.1) is 0 Å². The van der Waals surface area contributed by atoms with Crippen molar-refractivity contribution in [3.8, 4) is 11.6 Å². The molecule has 3 aromatic heterocycles. The zero-order valence-corrected chi connectivity index (χ0v) is 11.9. The van der Waals surface area contributed by atoms with Crippen LogP contribution < -0.4 is 0 Å². The van der Waals surface area contributed by atoms with Crippen LogP contribution in [0.15, 0.2) is 16.9 Å². The third kappa shape index (κ3) is 2.04. The van der Waals surface area contributed by atoms with Gasteiger partial charge in [0, 0.05) is 5.92 Å². The first-order chi connectivity index (χ1) is 9.56. The average molecular weight is 272 g/mol. The molecule has 7 heteroatoms. The number of aromatic nitrogens is 6. The number of rotatable bonds is 3. The molecule has 0 fully saturated rings. The zero-order chi connectivity index (χ0) is 14.3. The Morgan fingerprint density at radius 2 is 1.90 bits per heavy atom. The van der Waals surface area contributed by atoms with Gasteiger partial charge in [0.1, 0.15) is 12.0 Å². The highest BCUT2D eigenvalue weighted by atomic mass is 16.5. The molecule has 0 atom stereocenters. The summed E-state index contributed by atoms with van der Waals surface area (Å²) in [6, 6.07) is 1.92. The normalized spacial score (nSPS) is 11.9. The van der Waals surface area contributed by atoms with E-state index >= 15 is 0 Å². The molecule has 0 saturated carbocycles. The van der Waals surface area contributed by atoms with Gasteiger partial charge in [-0.05, 0) is 12.0 Å². The van der Waals surface area contributed by atoms with E-state index in [4.69, 9.17) is 4.52 Å². The van der Waals surface area contributed by atoms with E-state index in [1.807, 2.05) is 19.9 Å². The summed E-state index contributed by atoms with van der Waals surface area (Å²) in [5.41, 5.74) is 1.64. The minimum absolute atomic E-state index is 0.217. The van der Waals surface area contributed by atoms with Gasteiger partial charge >= 0.3 is 0 Å². The first-order valence-electron chi connectivity index (χ1n) is 6.61. The maximum atomic E-state index is 5.29. The van der Waals surface area contributed by atoms with Crippen LogP contribution >= 0.6 is 0 Å². The summed E-state index contributed by atoms with van der Waals surface area (Å²) in [6.07, 6.45) is 1.49. The van der Waals surface area contributed by atoms with Crippen molar-refractivity contribution in [3.05, 3.63) is 23.9 Å². The van der Waals surface area contributed by atoms with E-state index in [1.165, 1.54) is 6.33 Å². The second-order valence-corrected chi connectivity index (χ2v) is 5.31. The van der Waals surface area contributed by atoms with Gasteiger partial charge in [-0.25, -0.2) is 9.50 Å². The summed E-state index contributed by atoms with van der Waals surface area (Å²) in [6.45, 7) is 8.22. The highest BCUT2D eigenvalue weighted by molar-refractivity contribution is 5.51. The Morgan fingerprint density at radius 3 is 2.55 bits per heavy atom. The second kappa shape index (κ2) is 4.66. The van der Waals surface area contributed by atoms with Crippen molar-refractivity contribution < 1.29 is 4.52 Å². The largest absolute Gasteiger partial charge is 0.332 e. The molecule has 3 aromatic rings. The lowest BCUT2D eigenvalue weighted by Gasteiger charge is -2.07. The fraction of sp³-hybridized carbons (Fsp3) is 0.462. The van der Waals surface area contributed by atoms with Gasteiger partial charge in [-0.2, -0.15) is 15.1 Å². The Balaban J connectivity index is 2.15. The van der Waals surface area contributed by atoms with E-state index < -0.39 is 0 Å². The molecule has 0 saturated heterocycles. The molecule has 0 bridgehead atoms. The monoisotopic (exact) mass is 272 g/mol. The first-order valence-corrected chi connectivity index (χ1v) is 6.61. The lowest BCUT2D eigenvalue weighted by Crippen LogP contribution is -2.04. The molecule has 0 radical (unpaired) electrons. The van der Waals surface area contributed by atoms with Gasteiger partial charge in [-0.3, -0.25) is 0 Å². The lowest BCUT2D eigenvalue weighted by atomic mass is 10.1. The van der Waals surface area contributed by atoms with Gasteiger partial charge in [-0.1, -0.05) is 32.9 Å². The summed E-state index contributed by atoms with van der Waals surface area (Å²) in [4.78, 5) is 12.9. The number of fused-ring (bicyclic) bond motifs is 1. The summed E-state index contributed by atoms with van der Waals surface area (Å²) in [7, 11) is 0. The standard InChI is InChI=1S/C13H16N6O/c1-7(2)10-5-9(16-13-14-6-15-19(10)13)12-17-11(8(3)4)18-20-12/h5-8H,1-4H3. The average Bonchev–Trinajstić information content (AvgIpc) is 3.06. The van der Waals surface area contributed by atoms with Gasteiger partial charge in [-0.15, -0.1) is 0 Å². The summed E-state index contributed by atoms with van der Waals surface area (Å²) in [5, 5.41) is 8.15. The topological polar surface area (TPSA) is 82.0 Å². The van der Waals surface area contributed by atoms with Gasteiger partial charge in [0.05, 0.1) is 5.69 Å². The second-order valence-electron chi connectivity index (χ2n) is 5.31. The van der Waals surface area contributed by atoms with Crippen LogP contribution in [-0.2, 0) is 0 Å². The van der Waals surface area contributed by atoms with Gasteiger partial charge in [0.15, 0.2) is 5.82 Å². The van der Waals surface area contributed by atoms with Crippen LogP contribution in [0.25, 0.3) is 17.4 Å². The summed E-state index contributed by atoms with van der Waals surface area (Å²) in [5.74, 6) is 2.13. The molecular formula is C13H16N6O. The predicted octanol–water partition coefficient (Wildman–Crippen LogP) is 2.42. The molecule has 20 heavy (non-hydrogen) atoms. The lowest BCUT2D eigenvalue weighted by molar-refractivity contribution is 0.418. The van der Waals surface area contributed by atoms with Crippen molar-refractivity contribution in [2.45, 2.75) is 39.5 Å². The van der Waals surface area contributed by atoms with Gasteiger partial charge in [0.2, 0.25) is 0 Å². The molecular weight excluding hydrogens is 256 g/mol. The van der Waals surface area contributed by atoms with E-state index in [0.717, 1.165) is 5.69 Å². The van der Waals surface area contributed by atoms with Crippen molar-refractivity contribution in [2.75, 3.05) is 0 Å². The van der Waals surface area contributed by atoms with Crippen LogP contribution in [0.5, 0.6) is 0 Å². The van der Waals surface area contributed by atoms with E-state index in [1.54, 1.807) is 4.52 Å². The highest BCUT2D eigenvalue weighted by Gasteiger charge is 2.17. The Labute approximate surface area is 116 Å². The van der Waals surface area contributed by atoms with Crippen LogP contribution in [0.3, 0.4) is 0 Å². The van der Waals surface area contributed by atoms with Gasteiger partial charge < -0.3 is 4.52 Å². The Morgan fingerprint density at radius 1 is 1.10 bits per heavy atom. The SMILES string of the molecule is CC(C)c1noc(-c2cc(C(C)C)n3ncnc3n2)n1. The Bertz CT molecular complexity index is 742. The summed E-state index contributed by atoms with van der Waals surface area (Å²) < 4.78 is 7.02. The maximum Gasteiger partial charge on any atom is 0.276 e. The molecule has 0 aliphatic rings. The Kier molecular flexibility index (Phi) is 2.96. The van der Waals surface area contributed by atoms with Crippen LogP contribution in [0.2, 0.25) is 0 Å². The third-order valence-electron chi connectivity index (χ3n) is 3.05. The number of nitrogens with zero attached hydrogens (tertiary/aromatic N) is 6. The number of hydrogen-bond acceptors (Lipinski definition) is 6. The Hall–Kier alpha value is -2.31. The fourth-order valence-electron chi connectivity index (χ4n) is 1.93. The van der Waals surface area contributed by atoms with Gasteiger partial charge in [0.25, 0.3) is 11.7 Å². The van der Waals surface area contributed by atoms with Crippen molar-refractivity contribution in [2.24, 2.45) is 0 Å². The minimum Gasteiger partial charge on any atom is -0.332 e. The molecule has 0 aromatic carbocycles. The molecule has 0 N–H and O–H groups in total. The van der Waals surface area contributed by atoms with Crippen LogP contribution in [0.4, 0.5) is 0 Å². The molecule has 0 spiro atoms. The van der Waals surface area contributed by atoms with Crippen molar-refractivity contribution in [3.63, 3.8) is 0 Å². The molecule has 0 aliphatic heterocycles. The quantitative estimate of drug-likeness (QED) is 0.728. The molecule has 104 valence electrons. The van der Waals surface area contributed by atoms with Crippen LogP contribution in [0.1, 0.15) is 51.0 Å². The summed E-state index contributed by atoms with van der Waals surface area (Å²) >= 11 is 0. The highest BCUT2D eigenvalue weighted by Crippen LogP contribution is 2.23. The fourth-order valence-corrected chi connectivity index (χ4v) is 1.93. The third-order valence-corrected chi connectivity index (χ3v) is 3.05. The maximum absolute atomic E-state index is 5.29. The molecule has 0 amide bonds. The van der Waals surface area contributed by atoms with Crippen molar-refractivity contribution in [1.29, 1.82) is 0 Å². The zero-order valence-electron chi connectivity index (χ0n) is 11.9. The minimum atomic E-state index is 0.217.